The molecule has 0 fully saturated rings. The maximum atomic E-state index is 12.0. The molecular formula is C15H18N4O2S. The van der Waals surface area contributed by atoms with Gasteiger partial charge < -0.3 is 4.74 Å². The van der Waals surface area contributed by atoms with E-state index in [1.807, 2.05) is 29.2 Å². The van der Waals surface area contributed by atoms with Gasteiger partial charge in [-0.2, -0.15) is 0 Å². The normalized spacial score (nSPS) is 10.5. The number of aromatic nitrogens is 2. The maximum Gasteiger partial charge on any atom is 0.240 e. The summed E-state index contributed by atoms with van der Waals surface area (Å²) < 4.78 is 5.14. The Morgan fingerprint density at radius 1 is 1.45 bits per heavy atom. The molecule has 0 bridgehead atoms. The summed E-state index contributed by atoms with van der Waals surface area (Å²) in [7, 11) is 1.64. The van der Waals surface area contributed by atoms with Gasteiger partial charge >= 0.3 is 0 Å². The van der Waals surface area contributed by atoms with Crippen LogP contribution >= 0.6 is 11.3 Å². The molecule has 7 heteroatoms. The third-order valence-corrected chi connectivity index (χ3v) is 3.53. The molecule has 0 saturated heterocycles. The first-order valence-electron chi connectivity index (χ1n) is 6.73. The lowest BCUT2D eigenvalue weighted by atomic mass is 10.2. The van der Waals surface area contributed by atoms with E-state index in [1.54, 1.807) is 18.7 Å². The van der Waals surface area contributed by atoms with Crippen molar-refractivity contribution < 1.29 is 9.53 Å². The Hall–Kier alpha value is -2.25. The highest BCUT2D eigenvalue weighted by Gasteiger charge is 2.11. The summed E-state index contributed by atoms with van der Waals surface area (Å²) in [6.07, 6.45) is 1.78. The van der Waals surface area contributed by atoms with Crippen LogP contribution in [0.15, 0.2) is 42.4 Å². The van der Waals surface area contributed by atoms with Crippen molar-refractivity contribution in [2.45, 2.75) is 6.54 Å². The second kappa shape index (κ2) is 8.26. The van der Waals surface area contributed by atoms with Crippen LogP contribution < -0.4 is 10.1 Å². The Balaban J connectivity index is 1.93. The zero-order chi connectivity index (χ0) is 15.8. The van der Waals surface area contributed by atoms with Crippen LogP contribution in [0.25, 0.3) is 0 Å². The molecule has 116 valence electrons. The Kier molecular flexibility index (Phi) is 6.05. The van der Waals surface area contributed by atoms with Gasteiger partial charge in [0, 0.05) is 13.1 Å². The SMILES string of the molecule is C=CCN(CC(=O)Nc1nncs1)Cc1ccc(OC)cc1. The van der Waals surface area contributed by atoms with Crippen molar-refractivity contribution in [2.75, 3.05) is 25.5 Å². The van der Waals surface area contributed by atoms with E-state index < -0.39 is 0 Å². The lowest BCUT2D eigenvalue weighted by molar-refractivity contribution is -0.117. The minimum Gasteiger partial charge on any atom is -0.497 e. The number of methoxy groups -OCH3 is 1. The van der Waals surface area contributed by atoms with Crippen LogP contribution in [0.3, 0.4) is 0 Å². The van der Waals surface area contributed by atoms with Crippen molar-refractivity contribution >= 4 is 22.4 Å². The van der Waals surface area contributed by atoms with Gasteiger partial charge in [0.2, 0.25) is 11.0 Å². The minimum absolute atomic E-state index is 0.118. The molecule has 0 atom stereocenters. The molecule has 6 nitrogen and oxygen atoms in total. The number of amides is 1. The molecule has 1 aromatic heterocycles. The Morgan fingerprint density at radius 2 is 2.23 bits per heavy atom. The molecule has 1 N–H and O–H groups in total. The van der Waals surface area contributed by atoms with Crippen molar-refractivity contribution in [3.8, 4) is 5.75 Å². The molecule has 0 saturated carbocycles. The average Bonchev–Trinajstić information content (AvgIpc) is 3.01. The second-order valence-electron chi connectivity index (χ2n) is 4.60. The fraction of sp³-hybridized carbons (Fsp3) is 0.267. The number of carbonyl (C=O) groups excluding carboxylic acids is 1. The smallest absolute Gasteiger partial charge is 0.240 e. The lowest BCUT2D eigenvalue weighted by Gasteiger charge is -2.20. The number of hydrogen-bond donors (Lipinski definition) is 1. The van der Waals surface area contributed by atoms with E-state index in [-0.39, 0.29) is 12.5 Å². The lowest BCUT2D eigenvalue weighted by Crippen LogP contribution is -2.33. The molecule has 0 aliphatic carbocycles. The Bertz CT molecular complexity index is 599. The first-order valence-corrected chi connectivity index (χ1v) is 7.61. The molecule has 0 unspecified atom stereocenters. The zero-order valence-corrected chi connectivity index (χ0v) is 13.2. The summed E-state index contributed by atoms with van der Waals surface area (Å²) in [6, 6.07) is 7.78. The van der Waals surface area contributed by atoms with Crippen molar-refractivity contribution in [3.63, 3.8) is 0 Å². The molecule has 0 spiro atoms. The summed E-state index contributed by atoms with van der Waals surface area (Å²) in [5.74, 6) is 0.695. The maximum absolute atomic E-state index is 12.0. The van der Waals surface area contributed by atoms with E-state index in [0.29, 0.717) is 18.2 Å². The fourth-order valence-corrected chi connectivity index (χ4v) is 2.41. The summed E-state index contributed by atoms with van der Waals surface area (Å²) in [5, 5.41) is 10.7. The van der Waals surface area contributed by atoms with Gasteiger partial charge in [-0.3, -0.25) is 15.0 Å². The van der Waals surface area contributed by atoms with Crippen LogP contribution in [0.4, 0.5) is 5.13 Å². The predicted octanol–water partition coefficient (Wildman–Crippen LogP) is 2.17. The number of nitrogens with one attached hydrogen (secondary N) is 1. The van der Waals surface area contributed by atoms with Gasteiger partial charge in [0.15, 0.2) is 0 Å². The molecule has 1 amide bonds. The van der Waals surface area contributed by atoms with Gasteiger partial charge in [-0.05, 0) is 17.7 Å². The molecule has 2 rings (SSSR count). The van der Waals surface area contributed by atoms with Gasteiger partial charge in [0.25, 0.3) is 0 Å². The van der Waals surface area contributed by atoms with E-state index in [9.17, 15) is 4.79 Å². The number of ether oxygens (including phenoxy) is 1. The summed E-state index contributed by atoms with van der Waals surface area (Å²) >= 11 is 1.29. The van der Waals surface area contributed by atoms with Crippen LogP contribution in [0.1, 0.15) is 5.56 Å². The zero-order valence-electron chi connectivity index (χ0n) is 12.4. The number of hydrogen-bond acceptors (Lipinski definition) is 6. The molecule has 2 aromatic rings. The molecule has 1 heterocycles. The first-order chi connectivity index (χ1) is 10.7. The van der Waals surface area contributed by atoms with Crippen LogP contribution in [-0.4, -0.2) is 41.2 Å². The summed E-state index contributed by atoms with van der Waals surface area (Å²) in [5.41, 5.74) is 2.68. The Morgan fingerprint density at radius 3 is 2.82 bits per heavy atom. The van der Waals surface area contributed by atoms with E-state index in [0.717, 1.165) is 11.3 Å². The number of benzene rings is 1. The van der Waals surface area contributed by atoms with Gasteiger partial charge in [-0.25, -0.2) is 0 Å². The highest BCUT2D eigenvalue weighted by molar-refractivity contribution is 7.13. The van der Waals surface area contributed by atoms with E-state index in [2.05, 4.69) is 22.1 Å². The van der Waals surface area contributed by atoms with Crippen LogP contribution in [-0.2, 0) is 11.3 Å². The average molecular weight is 318 g/mol. The van der Waals surface area contributed by atoms with Crippen LogP contribution in [0.5, 0.6) is 5.75 Å². The molecule has 0 aliphatic rings. The highest BCUT2D eigenvalue weighted by atomic mass is 32.1. The molecule has 22 heavy (non-hydrogen) atoms. The summed E-state index contributed by atoms with van der Waals surface area (Å²) in [4.78, 5) is 14.0. The first kappa shape index (κ1) is 16.1. The third kappa shape index (κ3) is 4.94. The fourth-order valence-electron chi connectivity index (χ4n) is 1.95. The Labute approximate surface area is 133 Å². The van der Waals surface area contributed by atoms with E-state index >= 15 is 0 Å². The predicted molar refractivity (Wildman–Crippen MR) is 87.0 cm³/mol. The van der Waals surface area contributed by atoms with Crippen molar-refractivity contribution in [1.82, 2.24) is 15.1 Å². The summed E-state index contributed by atoms with van der Waals surface area (Å²) in [6.45, 7) is 5.27. The van der Waals surface area contributed by atoms with Gasteiger partial charge in [0.1, 0.15) is 11.3 Å². The molecule has 0 aliphatic heterocycles. The van der Waals surface area contributed by atoms with Crippen LogP contribution in [0.2, 0.25) is 0 Å². The monoisotopic (exact) mass is 318 g/mol. The molecule has 0 radical (unpaired) electrons. The van der Waals surface area contributed by atoms with Crippen molar-refractivity contribution in [2.24, 2.45) is 0 Å². The van der Waals surface area contributed by atoms with Crippen LogP contribution in [0, 0.1) is 0 Å². The number of rotatable bonds is 8. The van der Waals surface area contributed by atoms with E-state index in [1.165, 1.54) is 11.3 Å². The largest absolute Gasteiger partial charge is 0.497 e. The molecule has 1 aromatic carbocycles. The second-order valence-corrected chi connectivity index (χ2v) is 5.43. The topological polar surface area (TPSA) is 67.4 Å². The van der Waals surface area contributed by atoms with Gasteiger partial charge in [0.05, 0.1) is 13.7 Å². The quantitative estimate of drug-likeness (QED) is 0.756. The number of nitrogens with zero attached hydrogens (tertiary/aromatic N) is 3. The molecular weight excluding hydrogens is 300 g/mol. The minimum atomic E-state index is -0.118. The van der Waals surface area contributed by atoms with E-state index in [4.69, 9.17) is 4.74 Å². The number of carbonyl (C=O) groups is 1. The van der Waals surface area contributed by atoms with Gasteiger partial charge in [-0.1, -0.05) is 29.5 Å². The van der Waals surface area contributed by atoms with Gasteiger partial charge in [-0.15, -0.1) is 16.8 Å². The standard InChI is InChI=1S/C15H18N4O2S/c1-3-8-19(9-12-4-6-13(21-2)7-5-12)10-14(20)17-15-18-16-11-22-15/h3-7,11H,1,8-10H2,2H3,(H,17,18,20). The highest BCUT2D eigenvalue weighted by Crippen LogP contribution is 2.13. The third-order valence-electron chi connectivity index (χ3n) is 2.93. The number of anilines is 1. The van der Waals surface area contributed by atoms with Crippen molar-refractivity contribution in [1.29, 1.82) is 0 Å². The van der Waals surface area contributed by atoms with Crippen molar-refractivity contribution in [3.05, 3.63) is 48.0 Å².